The van der Waals surface area contributed by atoms with Gasteiger partial charge in [0.25, 0.3) is 0 Å². The van der Waals surface area contributed by atoms with E-state index >= 15 is 0 Å². The molecule has 0 atom stereocenters. The van der Waals surface area contributed by atoms with Crippen LogP contribution in [0.3, 0.4) is 0 Å². The normalized spacial score (nSPS) is 13.4. The summed E-state index contributed by atoms with van der Waals surface area (Å²) in [5, 5.41) is 0. The highest BCUT2D eigenvalue weighted by Gasteiger charge is 2.31. The van der Waals surface area contributed by atoms with Crippen molar-refractivity contribution < 1.29 is 8.54 Å². The minimum atomic E-state index is -1.87. The topological polar surface area (TPSA) is 44.5 Å². The molecule has 13 heavy (non-hydrogen) atoms. The summed E-state index contributed by atoms with van der Waals surface area (Å²) in [6.45, 7) is 12.2. The van der Waals surface area contributed by atoms with Crippen LogP contribution in [0.25, 0.3) is 0 Å². The van der Waals surface area contributed by atoms with Crippen LogP contribution in [-0.4, -0.2) is 30.0 Å². The minimum Gasteiger partial charge on any atom is -0.436 e. The Labute approximate surface area is 84.0 Å². The van der Waals surface area contributed by atoms with Gasteiger partial charge in [-0.05, 0) is 45.7 Å². The first-order chi connectivity index (χ1) is 5.77. The fourth-order valence-electron chi connectivity index (χ4n) is 1.17. The molecule has 0 aromatic rings. The SMILES string of the molecule is C[Si](C)(C)O[Si](C)(C)OCCCN. The summed E-state index contributed by atoms with van der Waals surface area (Å²) in [6.07, 6.45) is 0.922. The van der Waals surface area contributed by atoms with E-state index in [9.17, 15) is 0 Å². The van der Waals surface area contributed by atoms with Crippen LogP contribution in [0, 0.1) is 0 Å². The van der Waals surface area contributed by atoms with E-state index in [-0.39, 0.29) is 0 Å². The van der Waals surface area contributed by atoms with Crippen molar-refractivity contribution >= 4 is 16.9 Å². The molecule has 0 aliphatic rings. The highest BCUT2D eigenvalue weighted by Crippen LogP contribution is 2.15. The Morgan fingerprint density at radius 3 is 2.00 bits per heavy atom. The molecule has 0 saturated heterocycles. The van der Waals surface area contributed by atoms with E-state index in [0.717, 1.165) is 13.0 Å². The Bertz CT molecular complexity index is 146. The number of hydrogen-bond donors (Lipinski definition) is 1. The summed E-state index contributed by atoms with van der Waals surface area (Å²) in [5.74, 6) is 0. The van der Waals surface area contributed by atoms with Gasteiger partial charge in [-0.15, -0.1) is 0 Å². The van der Waals surface area contributed by atoms with Crippen LogP contribution in [0.15, 0.2) is 0 Å². The molecule has 0 fully saturated rings. The standard InChI is InChI=1S/C8H23NO2Si2/c1-12(2,3)11-13(4,5)10-8-6-7-9/h6-9H2,1-5H3. The van der Waals surface area contributed by atoms with E-state index in [1.807, 2.05) is 0 Å². The number of hydrogen-bond acceptors (Lipinski definition) is 3. The third kappa shape index (κ3) is 8.64. The maximum atomic E-state index is 5.99. The molecule has 0 bridgehead atoms. The predicted molar refractivity (Wildman–Crippen MR) is 61.5 cm³/mol. The molecule has 0 unspecified atom stereocenters. The summed E-state index contributed by atoms with van der Waals surface area (Å²) < 4.78 is 11.7. The first kappa shape index (κ1) is 13.3. The lowest BCUT2D eigenvalue weighted by Gasteiger charge is -2.30. The maximum Gasteiger partial charge on any atom is 0.321 e. The Kier molecular flexibility index (Phi) is 5.38. The lowest BCUT2D eigenvalue weighted by atomic mass is 10.5. The predicted octanol–water partition coefficient (Wildman–Crippen LogP) is 1.91. The van der Waals surface area contributed by atoms with Crippen LogP contribution >= 0.6 is 0 Å². The zero-order valence-electron chi connectivity index (χ0n) is 9.52. The van der Waals surface area contributed by atoms with E-state index in [1.165, 1.54) is 0 Å². The molecular formula is C8H23NO2Si2. The van der Waals surface area contributed by atoms with Crippen molar-refractivity contribution in [3.05, 3.63) is 0 Å². The second-order valence-corrected chi connectivity index (χ2v) is 12.7. The van der Waals surface area contributed by atoms with Crippen LogP contribution in [-0.2, 0) is 8.54 Å². The monoisotopic (exact) mass is 221 g/mol. The van der Waals surface area contributed by atoms with Gasteiger partial charge in [0.2, 0.25) is 0 Å². The van der Waals surface area contributed by atoms with Crippen molar-refractivity contribution in [2.75, 3.05) is 13.2 Å². The highest BCUT2D eigenvalue weighted by molar-refractivity contribution is 6.81. The lowest BCUT2D eigenvalue weighted by Crippen LogP contribution is -2.45. The second kappa shape index (κ2) is 5.26. The molecule has 5 heteroatoms. The molecule has 0 spiro atoms. The molecule has 0 rings (SSSR count). The summed E-state index contributed by atoms with van der Waals surface area (Å²) >= 11 is 0. The van der Waals surface area contributed by atoms with Crippen LogP contribution in [0.5, 0.6) is 0 Å². The highest BCUT2D eigenvalue weighted by atomic mass is 28.4. The fraction of sp³-hybridized carbons (Fsp3) is 1.00. The molecule has 0 aromatic carbocycles. The molecule has 2 N–H and O–H groups in total. The number of nitrogens with two attached hydrogens (primary N) is 1. The second-order valence-electron chi connectivity index (χ2n) is 4.60. The van der Waals surface area contributed by atoms with Gasteiger partial charge >= 0.3 is 8.56 Å². The smallest absolute Gasteiger partial charge is 0.321 e. The van der Waals surface area contributed by atoms with Crippen molar-refractivity contribution in [3.63, 3.8) is 0 Å². The van der Waals surface area contributed by atoms with Gasteiger partial charge in [0.15, 0.2) is 8.32 Å². The van der Waals surface area contributed by atoms with E-state index in [1.54, 1.807) is 0 Å². The minimum absolute atomic E-state index is 0.692. The van der Waals surface area contributed by atoms with Crippen molar-refractivity contribution in [3.8, 4) is 0 Å². The van der Waals surface area contributed by atoms with Gasteiger partial charge in [-0.3, -0.25) is 0 Å². The van der Waals surface area contributed by atoms with Gasteiger partial charge in [0.05, 0.1) is 0 Å². The van der Waals surface area contributed by atoms with E-state index in [2.05, 4.69) is 32.7 Å². The first-order valence-electron chi connectivity index (χ1n) is 4.81. The third-order valence-electron chi connectivity index (χ3n) is 1.35. The summed E-state index contributed by atoms with van der Waals surface area (Å²) in [7, 11) is -3.32. The van der Waals surface area contributed by atoms with Crippen LogP contribution < -0.4 is 5.73 Å². The van der Waals surface area contributed by atoms with Gasteiger partial charge in [0.1, 0.15) is 0 Å². The van der Waals surface area contributed by atoms with Crippen molar-refractivity contribution in [2.24, 2.45) is 5.73 Å². The van der Waals surface area contributed by atoms with Gasteiger partial charge in [0, 0.05) is 6.61 Å². The summed E-state index contributed by atoms with van der Waals surface area (Å²) in [4.78, 5) is 0. The molecule has 3 nitrogen and oxygen atoms in total. The van der Waals surface area contributed by atoms with Gasteiger partial charge < -0.3 is 14.3 Å². The van der Waals surface area contributed by atoms with Crippen LogP contribution in [0.4, 0.5) is 0 Å². The Morgan fingerprint density at radius 1 is 1.08 bits per heavy atom. The van der Waals surface area contributed by atoms with Crippen LogP contribution in [0.1, 0.15) is 6.42 Å². The van der Waals surface area contributed by atoms with Gasteiger partial charge in [-0.2, -0.15) is 0 Å². The third-order valence-corrected chi connectivity index (χ3v) is 6.67. The molecule has 0 amide bonds. The van der Waals surface area contributed by atoms with E-state index in [4.69, 9.17) is 14.3 Å². The van der Waals surface area contributed by atoms with Gasteiger partial charge in [-0.1, -0.05) is 0 Å². The van der Waals surface area contributed by atoms with Crippen LogP contribution in [0.2, 0.25) is 32.7 Å². The van der Waals surface area contributed by atoms with E-state index in [0.29, 0.717) is 6.54 Å². The lowest BCUT2D eigenvalue weighted by molar-refractivity contribution is 0.244. The van der Waals surface area contributed by atoms with Gasteiger partial charge in [-0.25, -0.2) is 0 Å². The van der Waals surface area contributed by atoms with Crippen molar-refractivity contribution in [1.29, 1.82) is 0 Å². The zero-order chi connectivity index (χ0) is 10.5. The van der Waals surface area contributed by atoms with Crippen molar-refractivity contribution in [1.82, 2.24) is 0 Å². The Balaban J connectivity index is 3.80. The fourth-order valence-corrected chi connectivity index (χ4v) is 7.94. The molecule has 0 aliphatic carbocycles. The Morgan fingerprint density at radius 2 is 1.62 bits per heavy atom. The first-order valence-corrected chi connectivity index (χ1v) is 11.0. The molecule has 80 valence electrons. The molecule has 0 radical (unpaired) electrons. The largest absolute Gasteiger partial charge is 0.436 e. The average Bonchev–Trinajstić information content (AvgIpc) is 1.81. The number of rotatable bonds is 6. The Hall–Kier alpha value is 0.314. The molecular weight excluding hydrogens is 198 g/mol. The van der Waals surface area contributed by atoms with E-state index < -0.39 is 16.9 Å². The summed E-state index contributed by atoms with van der Waals surface area (Å²) in [6, 6.07) is 0. The zero-order valence-corrected chi connectivity index (χ0v) is 11.5. The molecule has 0 heterocycles. The average molecular weight is 221 g/mol. The molecule has 0 aromatic heterocycles. The molecule has 0 saturated carbocycles. The van der Waals surface area contributed by atoms with Crippen molar-refractivity contribution in [2.45, 2.75) is 39.2 Å². The quantitative estimate of drug-likeness (QED) is 0.550. The maximum absolute atomic E-state index is 5.99. The summed E-state index contributed by atoms with van der Waals surface area (Å²) in [5.41, 5.74) is 5.39. The molecule has 0 aliphatic heterocycles.